The van der Waals surface area contributed by atoms with Crippen molar-refractivity contribution >= 4 is 23.7 Å². The Morgan fingerprint density at radius 3 is 2.47 bits per heavy atom. The van der Waals surface area contributed by atoms with Crippen molar-refractivity contribution in [2.45, 2.75) is 58.0 Å². The Bertz CT molecular complexity index is 923. The zero-order chi connectivity index (χ0) is 22.4. The molecule has 3 aliphatic rings. The van der Waals surface area contributed by atoms with Gasteiger partial charge in [-0.2, -0.15) is 0 Å². The summed E-state index contributed by atoms with van der Waals surface area (Å²) in [5.41, 5.74) is -0.764. The first-order valence-electron chi connectivity index (χ1n) is 9.53. The third-order valence-corrected chi connectivity index (χ3v) is 5.64. The second kappa shape index (κ2) is 7.59. The minimum Gasteiger partial charge on any atom is -0.479 e. The number of allylic oxidation sites excluding steroid dienone is 1. The third kappa shape index (κ3) is 3.58. The zero-order valence-electron chi connectivity index (χ0n) is 17.4. The lowest BCUT2D eigenvalue weighted by Crippen LogP contribution is -2.45. The lowest BCUT2D eigenvalue weighted by molar-refractivity contribution is -0.162. The Hall–Kier alpha value is -3.16. The molecule has 3 rings (SSSR count). The number of carbonyl (C=O) groups excluding carboxylic acids is 4. The first-order chi connectivity index (χ1) is 14.0. The average molecular weight is 416 g/mol. The molecule has 30 heavy (non-hydrogen) atoms. The second-order valence-corrected chi connectivity index (χ2v) is 7.80. The minimum atomic E-state index is -1.35. The molecular formula is C22H24O8. The number of hydrogen-bond donors (Lipinski definition) is 0. The van der Waals surface area contributed by atoms with Gasteiger partial charge < -0.3 is 18.9 Å². The van der Waals surface area contributed by atoms with E-state index >= 15 is 0 Å². The SMILES string of the molecule is C=C1C(=O)O[C@H]2[C@H]1[C@@H](OC(=O)/C(C)=C\C)C[C@@]1(C)OC(=CC1=O)C(=C)[C@H]2OC(C)=O. The maximum absolute atomic E-state index is 12.7. The summed E-state index contributed by atoms with van der Waals surface area (Å²) in [6.45, 7) is 13.7. The van der Waals surface area contributed by atoms with Crippen molar-refractivity contribution in [3.63, 3.8) is 0 Å². The average Bonchev–Trinajstić information content (AvgIpc) is 3.14. The van der Waals surface area contributed by atoms with Gasteiger partial charge in [0.2, 0.25) is 5.78 Å². The Balaban J connectivity index is 2.13. The lowest BCUT2D eigenvalue weighted by Gasteiger charge is -2.32. The van der Waals surface area contributed by atoms with E-state index in [1.165, 1.54) is 13.0 Å². The molecule has 0 spiro atoms. The number of rotatable bonds is 3. The van der Waals surface area contributed by atoms with Crippen LogP contribution in [-0.2, 0) is 38.1 Å². The summed E-state index contributed by atoms with van der Waals surface area (Å²) in [4.78, 5) is 49.4. The summed E-state index contributed by atoms with van der Waals surface area (Å²) in [7, 11) is 0. The van der Waals surface area contributed by atoms with Crippen molar-refractivity contribution < 1.29 is 38.1 Å². The molecule has 2 fully saturated rings. The molecule has 8 heteroatoms. The fraction of sp³-hybridized carbons (Fsp3) is 0.455. The summed E-state index contributed by atoms with van der Waals surface area (Å²) in [5.74, 6) is -3.02. The van der Waals surface area contributed by atoms with Gasteiger partial charge in [-0.25, -0.2) is 9.59 Å². The van der Waals surface area contributed by atoms with E-state index in [0.717, 1.165) is 0 Å². The van der Waals surface area contributed by atoms with E-state index < -0.39 is 47.7 Å². The van der Waals surface area contributed by atoms with E-state index in [1.54, 1.807) is 26.8 Å². The van der Waals surface area contributed by atoms with Crippen LogP contribution in [-0.4, -0.2) is 47.6 Å². The van der Waals surface area contributed by atoms with Crippen LogP contribution in [0, 0.1) is 5.92 Å². The van der Waals surface area contributed by atoms with Crippen LogP contribution in [0.1, 0.15) is 34.1 Å². The topological polar surface area (TPSA) is 105 Å². The van der Waals surface area contributed by atoms with Crippen molar-refractivity contribution in [3.8, 4) is 0 Å². The van der Waals surface area contributed by atoms with Crippen LogP contribution in [0.3, 0.4) is 0 Å². The number of fused-ring (bicyclic) bond motifs is 3. The molecule has 0 N–H and O–H groups in total. The third-order valence-electron chi connectivity index (χ3n) is 5.64. The van der Waals surface area contributed by atoms with E-state index in [4.69, 9.17) is 18.9 Å². The molecule has 3 heterocycles. The predicted octanol–water partition coefficient (Wildman–Crippen LogP) is 2.10. The number of carbonyl (C=O) groups is 4. The van der Waals surface area contributed by atoms with Gasteiger partial charge >= 0.3 is 17.9 Å². The fourth-order valence-electron chi connectivity index (χ4n) is 3.82. The van der Waals surface area contributed by atoms with Crippen LogP contribution in [0.25, 0.3) is 0 Å². The van der Waals surface area contributed by atoms with Crippen molar-refractivity contribution in [3.05, 3.63) is 47.8 Å². The Morgan fingerprint density at radius 2 is 1.87 bits per heavy atom. The molecule has 0 aromatic carbocycles. The van der Waals surface area contributed by atoms with Gasteiger partial charge in [0.1, 0.15) is 11.9 Å². The van der Waals surface area contributed by atoms with Gasteiger partial charge in [-0.3, -0.25) is 9.59 Å². The molecule has 0 unspecified atom stereocenters. The molecule has 0 aromatic rings. The van der Waals surface area contributed by atoms with E-state index in [2.05, 4.69) is 13.2 Å². The van der Waals surface area contributed by atoms with Crippen LogP contribution in [0.2, 0.25) is 0 Å². The summed E-state index contributed by atoms with van der Waals surface area (Å²) < 4.78 is 22.4. The monoisotopic (exact) mass is 416 g/mol. The van der Waals surface area contributed by atoms with Gasteiger partial charge in [-0.15, -0.1) is 0 Å². The Labute approximate surface area is 174 Å². The van der Waals surface area contributed by atoms with E-state index in [1.807, 2.05) is 0 Å². The fourth-order valence-corrected chi connectivity index (χ4v) is 3.82. The maximum atomic E-state index is 12.7. The molecular weight excluding hydrogens is 392 g/mol. The molecule has 0 saturated carbocycles. The van der Waals surface area contributed by atoms with E-state index in [9.17, 15) is 19.2 Å². The van der Waals surface area contributed by atoms with E-state index in [-0.39, 0.29) is 29.1 Å². The van der Waals surface area contributed by atoms with Crippen LogP contribution >= 0.6 is 0 Å². The molecule has 0 radical (unpaired) electrons. The van der Waals surface area contributed by atoms with Crippen LogP contribution < -0.4 is 0 Å². The molecule has 5 atom stereocenters. The van der Waals surface area contributed by atoms with Crippen molar-refractivity contribution in [2.24, 2.45) is 5.92 Å². The normalized spacial score (nSPS) is 33.5. The van der Waals surface area contributed by atoms with Crippen molar-refractivity contribution in [1.82, 2.24) is 0 Å². The molecule has 3 aliphatic heterocycles. The van der Waals surface area contributed by atoms with Crippen LogP contribution in [0.15, 0.2) is 47.8 Å². The maximum Gasteiger partial charge on any atom is 0.334 e. The number of esters is 3. The van der Waals surface area contributed by atoms with Crippen LogP contribution in [0.5, 0.6) is 0 Å². The van der Waals surface area contributed by atoms with Gasteiger partial charge in [0, 0.05) is 36.1 Å². The number of hydrogen-bond acceptors (Lipinski definition) is 8. The Kier molecular flexibility index (Phi) is 5.45. The minimum absolute atomic E-state index is 0.0501. The molecule has 160 valence electrons. The Morgan fingerprint density at radius 1 is 1.20 bits per heavy atom. The van der Waals surface area contributed by atoms with Gasteiger partial charge in [0.15, 0.2) is 17.8 Å². The van der Waals surface area contributed by atoms with E-state index in [0.29, 0.717) is 5.57 Å². The summed E-state index contributed by atoms with van der Waals surface area (Å²) >= 11 is 0. The number of ketones is 1. The summed E-state index contributed by atoms with van der Waals surface area (Å²) in [6.07, 6.45) is -0.372. The first-order valence-corrected chi connectivity index (χ1v) is 9.53. The molecule has 8 nitrogen and oxygen atoms in total. The van der Waals surface area contributed by atoms with Gasteiger partial charge in [0.25, 0.3) is 0 Å². The lowest BCUT2D eigenvalue weighted by atomic mass is 9.80. The molecule has 0 aliphatic carbocycles. The number of ether oxygens (including phenoxy) is 4. The highest BCUT2D eigenvalue weighted by Crippen LogP contribution is 2.45. The quantitative estimate of drug-likeness (QED) is 0.391. The van der Waals surface area contributed by atoms with Gasteiger partial charge in [-0.05, 0) is 20.8 Å². The van der Waals surface area contributed by atoms with Gasteiger partial charge in [0.05, 0.1) is 5.92 Å². The highest BCUT2D eigenvalue weighted by Gasteiger charge is 2.56. The summed E-state index contributed by atoms with van der Waals surface area (Å²) in [5, 5.41) is 0. The largest absolute Gasteiger partial charge is 0.479 e. The smallest absolute Gasteiger partial charge is 0.334 e. The molecule has 2 saturated heterocycles. The highest BCUT2D eigenvalue weighted by atomic mass is 16.6. The molecule has 0 amide bonds. The standard InChI is InChI=1S/C22H24O8/c1-7-10(2)20(25)28-15-9-22(6)16(24)8-14(30-22)11(3)18(27-13(5)23)19-17(15)12(4)21(26)29-19/h7-8,15,17-19H,3-4,9H2,1-2,5-6H3/b10-7-/t15-,17+,18+,19-,22+/m0/s1. The van der Waals surface area contributed by atoms with Gasteiger partial charge in [-0.1, -0.05) is 19.2 Å². The first kappa shape index (κ1) is 21.5. The predicted molar refractivity (Wildman–Crippen MR) is 104 cm³/mol. The summed E-state index contributed by atoms with van der Waals surface area (Å²) in [6, 6.07) is 0. The van der Waals surface area contributed by atoms with Crippen molar-refractivity contribution in [1.29, 1.82) is 0 Å². The van der Waals surface area contributed by atoms with Crippen molar-refractivity contribution in [2.75, 3.05) is 0 Å². The second-order valence-electron chi connectivity index (χ2n) is 7.80. The molecule has 0 aromatic heterocycles. The highest BCUT2D eigenvalue weighted by molar-refractivity contribution is 6.00. The molecule has 2 bridgehead atoms. The van der Waals surface area contributed by atoms with Crippen LogP contribution in [0.4, 0.5) is 0 Å². The zero-order valence-corrected chi connectivity index (χ0v) is 17.4.